The maximum atomic E-state index is 9.16. The van der Waals surface area contributed by atoms with E-state index < -0.39 is 0 Å². The van der Waals surface area contributed by atoms with Gasteiger partial charge in [0, 0.05) is 55.8 Å². The predicted octanol–water partition coefficient (Wildman–Crippen LogP) is 3.43. The van der Waals surface area contributed by atoms with Gasteiger partial charge in [0.25, 0.3) is 0 Å². The molecule has 0 aliphatic carbocycles. The Morgan fingerprint density at radius 2 is 1.87 bits per heavy atom. The molecule has 5 rings (SSSR count). The van der Waals surface area contributed by atoms with Crippen LogP contribution in [0.25, 0.3) is 10.9 Å². The van der Waals surface area contributed by atoms with Crippen molar-refractivity contribution in [3.8, 4) is 11.8 Å². The Bertz CT molecular complexity index is 1150. The van der Waals surface area contributed by atoms with Gasteiger partial charge in [-0.2, -0.15) is 5.26 Å². The zero-order chi connectivity index (χ0) is 21.4. The van der Waals surface area contributed by atoms with Crippen LogP contribution in [-0.2, 0) is 0 Å². The highest BCUT2D eigenvalue weighted by molar-refractivity contribution is 6.34. The molecular weight excluding hydrogens is 414 g/mol. The minimum absolute atomic E-state index is 0.144. The number of rotatable bonds is 4. The third-order valence-electron chi connectivity index (χ3n) is 6.08. The van der Waals surface area contributed by atoms with E-state index in [1.807, 2.05) is 18.2 Å². The number of fused-ring (bicyclic) bond motifs is 1. The van der Waals surface area contributed by atoms with E-state index in [1.165, 1.54) is 0 Å². The van der Waals surface area contributed by atoms with Gasteiger partial charge in [0.05, 0.1) is 24.4 Å². The molecule has 2 aliphatic heterocycles. The number of piperidine rings is 1. The minimum atomic E-state index is 0.144. The zero-order valence-electron chi connectivity index (χ0n) is 17.2. The van der Waals surface area contributed by atoms with Gasteiger partial charge in [-0.05, 0) is 31.0 Å². The lowest BCUT2D eigenvalue weighted by Crippen LogP contribution is -2.47. The Kier molecular flexibility index (Phi) is 5.20. The highest BCUT2D eigenvalue weighted by atomic mass is 35.5. The second-order valence-corrected chi connectivity index (χ2v) is 8.31. The van der Waals surface area contributed by atoms with E-state index in [0.717, 1.165) is 67.2 Å². The van der Waals surface area contributed by atoms with E-state index in [0.29, 0.717) is 11.1 Å². The number of hydrogen-bond donors (Lipinski definition) is 0. The van der Waals surface area contributed by atoms with Crippen LogP contribution in [0.3, 0.4) is 0 Å². The summed E-state index contributed by atoms with van der Waals surface area (Å²) in [6.45, 7) is 3.21. The molecule has 0 N–H and O–H groups in total. The molecule has 8 nitrogen and oxygen atoms in total. The third kappa shape index (κ3) is 3.70. The average Bonchev–Trinajstić information content (AvgIpc) is 2.78. The zero-order valence-corrected chi connectivity index (χ0v) is 18.0. The summed E-state index contributed by atoms with van der Waals surface area (Å²) in [4.78, 5) is 22.8. The molecule has 0 unspecified atom stereocenters. The van der Waals surface area contributed by atoms with Gasteiger partial charge < -0.3 is 14.5 Å². The van der Waals surface area contributed by atoms with Crippen LogP contribution in [0.15, 0.2) is 30.6 Å². The van der Waals surface area contributed by atoms with Gasteiger partial charge in [0.1, 0.15) is 10.9 Å². The Balaban J connectivity index is 1.33. The van der Waals surface area contributed by atoms with Crippen molar-refractivity contribution >= 4 is 34.3 Å². The van der Waals surface area contributed by atoms with Crippen LogP contribution in [0.5, 0.6) is 5.75 Å². The van der Waals surface area contributed by atoms with Gasteiger partial charge in [-0.3, -0.25) is 4.98 Å². The van der Waals surface area contributed by atoms with Crippen molar-refractivity contribution in [2.45, 2.75) is 18.8 Å². The maximum Gasteiger partial charge on any atom is 0.227 e. The first-order valence-corrected chi connectivity index (χ1v) is 10.8. The number of nitrogens with zero attached hydrogens (tertiary/aromatic N) is 7. The number of nitriles is 1. The number of anilines is 2. The summed E-state index contributed by atoms with van der Waals surface area (Å²) < 4.78 is 5.27. The molecule has 2 fully saturated rings. The second kappa shape index (κ2) is 8.16. The SMILES string of the molecule is COc1ccc2nc(N3CC(c4nccnc4N4CCC(C#N)CC4)C3)nc(Cl)c2c1. The molecule has 2 saturated heterocycles. The van der Waals surface area contributed by atoms with Crippen LogP contribution < -0.4 is 14.5 Å². The Labute approximate surface area is 185 Å². The molecule has 0 saturated carbocycles. The van der Waals surface area contributed by atoms with Crippen molar-refractivity contribution in [1.82, 2.24) is 19.9 Å². The van der Waals surface area contributed by atoms with E-state index in [-0.39, 0.29) is 11.8 Å². The lowest BCUT2D eigenvalue weighted by molar-refractivity contribution is 0.415. The quantitative estimate of drug-likeness (QED) is 0.575. The van der Waals surface area contributed by atoms with Crippen LogP contribution in [-0.4, -0.2) is 53.2 Å². The van der Waals surface area contributed by atoms with Gasteiger partial charge >= 0.3 is 0 Å². The lowest BCUT2D eigenvalue weighted by Gasteiger charge is -2.40. The molecule has 158 valence electrons. The van der Waals surface area contributed by atoms with E-state index in [1.54, 1.807) is 19.5 Å². The summed E-state index contributed by atoms with van der Waals surface area (Å²) >= 11 is 6.43. The Hall–Kier alpha value is -3.18. The highest BCUT2D eigenvalue weighted by Gasteiger charge is 2.35. The smallest absolute Gasteiger partial charge is 0.227 e. The van der Waals surface area contributed by atoms with Gasteiger partial charge in [-0.1, -0.05) is 11.6 Å². The van der Waals surface area contributed by atoms with Gasteiger partial charge in [-0.15, -0.1) is 0 Å². The highest BCUT2D eigenvalue weighted by Crippen LogP contribution is 2.36. The minimum Gasteiger partial charge on any atom is -0.497 e. The van der Waals surface area contributed by atoms with E-state index in [9.17, 15) is 0 Å². The normalized spacial score (nSPS) is 17.5. The third-order valence-corrected chi connectivity index (χ3v) is 6.37. The Morgan fingerprint density at radius 1 is 1.10 bits per heavy atom. The number of ether oxygens (including phenoxy) is 1. The van der Waals surface area contributed by atoms with Crippen molar-refractivity contribution < 1.29 is 4.74 Å². The van der Waals surface area contributed by atoms with Crippen LogP contribution in [0, 0.1) is 17.2 Å². The lowest BCUT2D eigenvalue weighted by atomic mass is 9.94. The number of hydrogen-bond acceptors (Lipinski definition) is 8. The molecule has 0 amide bonds. The first-order chi connectivity index (χ1) is 15.2. The van der Waals surface area contributed by atoms with Gasteiger partial charge in [0.15, 0.2) is 5.82 Å². The first-order valence-electron chi connectivity index (χ1n) is 10.4. The molecule has 4 heterocycles. The maximum absolute atomic E-state index is 9.16. The molecule has 31 heavy (non-hydrogen) atoms. The molecule has 2 aliphatic rings. The summed E-state index contributed by atoms with van der Waals surface area (Å²) in [5.41, 5.74) is 1.80. The van der Waals surface area contributed by atoms with Crippen molar-refractivity contribution in [2.24, 2.45) is 5.92 Å². The summed E-state index contributed by atoms with van der Waals surface area (Å²) in [6, 6.07) is 8.00. The number of halogens is 1. The van der Waals surface area contributed by atoms with Crippen LogP contribution in [0.1, 0.15) is 24.5 Å². The number of aromatic nitrogens is 4. The summed E-state index contributed by atoms with van der Waals surface area (Å²) in [6.07, 6.45) is 5.24. The number of methoxy groups -OCH3 is 1. The molecule has 0 radical (unpaired) electrons. The van der Waals surface area contributed by atoms with E-state index in [4.69, 9.17) is 21.6 Å². The first kappa shape index (κ1) is 19.8. The molecule has 0 bridgehead atoms. The molecular formula is C22H22ClN7O. The molecule has 0 atom stereocenters. The molecule has 2 aromatic heterocycles. The molecule has 9 heteroatoms. The predicted molar refractivity (Wildman–Crippen MR) is 119 cm³/mol. The van der Waals surface area contributed by atoms with Crippen LogP contribution in [0.2, 0.25) is 5.15 Å². The second-order valence-electron chi connectivity index (χ2n) is 7.96. The van der Waals surface area contributed by atoms with Crippen LogP contribution >= 0.6 is 11.6 Å². The molecule has 1 aromatic carbocycles. The largest absolute Gasteiger partial charge is 0.497 e. The molecule has 3 aromatic rings. The fourth-order valence-electron chi connectivity index (χ4n) is 4.24. The summed E-state index contributed by atoms with van der Waals surface area (Å²) in [5.74, 6) is 2.69. The standard InChI is InChI=1S/C22H22ClN7O/c1-31-16-2-3-18-17(10-16)20(23)28-22(27-18)30-12-15(13-30)19-21(26-7-6-25-19)29-8-4-14(11-24)5-9-29/h2-3,6-7,10,14-15H,4-5,8-9,12-13H2,1H3. The molecule has 0 spiro atoms. The van der Waals surface area contributed by atoms with Gasteiger partial charge in [-0.25, -0.2) is 15.0 Å². The fourth-order valence-corrected chi connectivity index (χ4v) is 4.46. The van der Waals surface area contributed by atoms with Crippen molar-refractivity contribution in [3.05, 3.63) is 41.4 Å². The monoisotopic (exact) mass is 435 g/mol. The fraction of sp³-hybridized carbons (Fsp3) is 0.409. The van der Waals surface area contributed by atoms with E-state index >= 15 is 0 Å². The Morgan fingerprint density at radius 3 is 2.61 bits per heavy atom. The van der Waals surface area contributed by atoms with Crippen molar-refractivity contribution in [1.29, 1.82) is 5.26 Å². The summed E-state index contributed by atoms with van der Waals surface area (Å²) in [7, 11) is 1.62. The number of benzene rings is 1. The van der Waals surface area contributed by atoms with Gasteiger partial charge in [0.2, 0.25) is 5.95 Å². The van der Waals surface area contributed by atoms with Crippen molar-refractivity contribution in [2.75, 3.05) is 43.1 Å². The van der Waals surface area contributed by atoms with Crippen molar-refractivity contribution in [3.63, 3.8) is 0 Å². The summed E-state index contributed by atoms with van der Waals surface area (Å²) in [5, 5.41) is 10.4. The van der Waals surface area contributed by atoms with Crippen LogP contribution in [0.4, 0.5) is 11.8 Å². The topological polar surface area (TPSA) is 91.1 Å². The van der Waals surface area contributed by atoms with E-state index in [2.05, 4.69) is 35.8 Å². The average molecular weight is 436 g/mol.